The van der Waals surface area contributed by atoms with Crippen molar-refractivity contribution in [2.24, 2.45) is 0 Å². The molecule has 1 N–H and O–H groups in total. The van der Waals surface area contributed by atoms with E-state index in [9.17, 15) is 0 Å². The maximum Gasteiger partial charge on any atom is 0.119 e. The number of aryl methyl sites for hydroxylation is 1. The van der Waals surface area contributed by atoms with Crippen molar-refractivity contribution < 1.29 is 4.74 Å². The zero-order valence-electron chi connectivity index (χ0n) is 13.3. The molecule has 2 aromatic heterocycles. The van der Waals surface area contributed by atoms with E-state index < -0.39 is 0 Å². The maximum atomic E-state index is 5.41. The summed E-state index contributed by atoms with van der Waals surface area (Å²) in [5.41, 5.74) is 3.64. The van der Waals surface area contributed by atoms with Gasteiger partial charge >= 0.3 is 0 Å². The summed E-state index contributed by atoms with van der Waals surface area (Å²) >= 11 is 1.66. The third-order valence-electron chi connectivity index (χ3n) is 4.12. The van der Waals surface area contributed by atoms with E-state index in [2.05, 4.69) is 33.9 Å². The molecule has 2 aromatic rings. The van der Waals surface area contributed by atoms with Gasteiger partial charge in [-0.3, -0.25) is 4.68 Å². The number of aromatic nitrogens is 3. The van der Waals surface area contributed by atoms with Gasteiger partial charge in [-0.15, -0.1) is 11.3 Å². The monoisotopic (exact) mass is 320 g/mol. The first-order valence-corrected chi connectivity index (χ1v) is 8.90. The molecule has 3 rings (SSSR count). The third-order valence-corrected chi connectivity index (χ3v) is 4.99. The first-order chi connectivity index (χ1) is 10.8. The molecule has 0 aromatic carbocycles. The van der Waals surface area contributed by atoms with Crippen LogP contribution in [-0.4, -0.2) is 34.5 Å². The Bertz CT molecular complexity index is 601. The summed E-state index contributed by atoms with van der Waals surface area (Å²) in [5.74, 6) is 0.652. The molecular weight excluding hydrogens is 296 g/mol. The number of rotatable bonds is 6. The highest BCUT2D eigenvalue weighted by molar-refractivity contribution is 7.09. The molecule has 0 radical (unpaired) electrons. The summed E-state index contributed by atoms with van der Waals surface area (Å²) in [6.07, 6.45) is 4.64. The molecule has 0 unspecified atom stereocenters. The third kappa shape index (κ3) is 3.74. The van der Waals surface area contributed by atoms with Crippen molar-refractivity contribution >= 4 is 11.3 Å². The number of thiazole rings is 1. The zero-order chi connectivity index (χ0) is 15.4. The molecule has 1 saturated heterocycles. The maximum absolute atomic E-state index is 5.41. The summed E-state index contributed by atoms with van der Waals surface area (Å²) in [4.78, 5) is 4.62. The van der Waals surface area contributed by atoms with Gasteiger partial charge in [-0.05, 0) is 51.3 Å². The van der Waals surface area contributed by atoms with Gasteiger partial charge in [0.2, 0.25) is 0 Å². The molecule has 22 heavy (non-hydrogen) atoms. The molecule has 0 spiro atoms. The lowest BCUT2D eigenvalue weighted by molar-refractivity contribution is 0.133. The van der Waals surface area contributed by atoms with Gasteiger partial charge in [0.1, 0.15) is 5.01 Å². The topological polar surface area (TPSA) is 52.0 Å². The Morgan fingerprint density at radius 3 is 3.00 bits per heavy atom. The average Bonchev–Trinajstić information content (AvgIpc) is 3.13. The summed E-state index contributed by atoms with van der Waals surface area (Å²) < 4.78 is 7.44. The van der Waals surface area contributed by atoms with Crippen molar-refractivity contribution in [2.75, 3.05) is 19.7 Å². The predicted molar refractivity (Wildman–Crippen MR) is 88.4 cm³/mol. The van der Waals surface area contributed by atoms with E-state index in [0.717, 1.165) is 42.6 Å². The normalized spacial score (nSPS) is 16.3. The standard InChI is InChI=1S/C16H24N4OS/c1-3-21-10-16-18-14(11-22-16)8-20-9-15(12(2)19-20)13-4-6-17-7-5-13/h9,11,13,17H,3-8,10H2,1-2H3. The Kier molecular flexibility index (Phi) is 5.23. The molecule has 120 valence electrons. The summed E-state index contributed by atoms with van der Waals surface area (Å²) in [6.45, 7) is 8.43. The van der Waals surface area contributed by atoms with Gasteiger partial charge in [-0.25, -0.2) is 4.98 Å². The molecule has 3 heterocycles. The number of nitrogens with zero attached hydrogens (tertiary/aromatic N) is 3. The van der Waals surface area contributed by atoms with Crippen LogP contribution in [0.15, 0.2) is 11.6 Å². The van der Waals surface area contributed by atoms with Crippen LogP contribution in [0, 0.1) is 6.92 Å². The fraction of sp³-hybridized carbons (Fsp3) is 0.625. The van der Waals surface area contributed by atoms with Gasteiger partial charge in [0.15, 0.2) is 0 Å². The molecule has 0 bridgehead atoms. The van der Waals surface area contributed by atoms with Crippen LogP contribution in [0.3, 0.4) is 0 Å². The lowest BCUT2D eigenvalue weighted by atomic mass is 9.91. The van der Waals surface area contributed by atoms with Gasteiger partial charge in [0.25, 0.3) is 0 Å². The zero-order valence-corrected chi connectivity index (χ0v) is 14.2. The minimum Gasteiger partial charge on any atom is -0.375 e. The molecule has 0 aliphatic carbocycles. The second kappa shape index (κ2) is 7.35. The Labute approximate surface area is 135 Å². The number of hydrogen-bond donors (Lipinski definition) is 1. The van der Waals surface area contributed by atoms with Gasteiger partial charge in [-0.1, -0.05) is 0 Å². The minimum atomic E-state index is 0.611. The Hall–Kier alpha value is -1.24. The summed E-state index contributed by atoms with van der Waals surface area (Å²) in [7, 11) is 0. The van der Waals surface area contributed by atoms with Crippen molar-refractivity contribution in [1.82, 2.24) is 20.1 Å². The molecular formula is C16H24N4OS. The van der Waals surface area contributed by atoms with E-state index in [1.807, 2.05) is 11.6 Å². The lowest BCUT2D eigenvalue weighted by Gasteiger charge is -2.21. The molecule has 1 fully saturated rings. The Morgan fingerprint density at radius 1 is 1.41 bits per heavy atom. The fourth-order valence-electron chi connectivity index (χ4n) is 2.99. The van der Waals surface area contributed by atoms with Crippen LogP contribution in [0.25, 0.3) is 0 Å². The molecule has 1 aliphatic heterocycles. The van der Waals surface area contributed by atoms with E-state index in [1.165, 1.54) is 18.4 Å². The summed E-state index contributed by atoms with van der Waals surface area (Å²) in [6, 6.07) is 0. The van der Waals surface area contributed by atoms with Crippen LogP contribution in [0.1, 0.15) is 47.6 Å². The first-order valence-electron chi connectivity index (χ1n) is 8.02. The van der Waals surface area contributed by atoms with E-state index in [0.29, 0.717) is 12.5 Å². The lowest BCUT2D eigenvalue weighted by Crippen LogP contribution is -2.26. The number of nitrogens with one attached hydrogen (secondary N) is 1. The quantitative estimate of drug-likeness (QED) is 0.889. The number of piperidine rings is 1. The molecule has 0 amide bonds. The number of ether oxygens (including phenoxy) is 1. The average molecular weight is 320 g/mol. The van der Waals surface area contributed by atoms with Crippen LogP contribution in [0.5, 0.6) is 0 Å². The highest BCUT2D eigenvalue weighted by atomic mass is 32.1. The van der Waals surface area contributed by atoms with Crippen LogP contribution in [0.2, 0.25) is 0 Å². The van der Waals surface area contributed by atoms with Crippen molar-refractivity contribution in [3.63, 3.8) is 0 Å². The molecule has 1 aliphatic rings. The molecule has 6 heteroatoms. The van der Waals surface area contributed by atoms with Crippen LogP contribution >= 0.6 is 11.3 Å². The SMILES string of the molecule is CCOCc1nc(Cn2cc(C3CCNCC3)c(C)n2)cs1. The highest BCUT2D eigenvalue weighted by Crippen LogP contribution is 2.27. The minimum absolute atomic E-state index is 0.611. The molecule has 0 saturated carbocycles. The van der Waals surface area contributed by atoms with Crippen molar-refractivity contribution in [1.29, 1.82) is 0 Å². The van der Waals surface area contributed by atoms with E-state index in [-0.39, 0.29) is 0 Å². The van der Waals surface area contributed by atoms with Crippen LogP contribution in [0.4, 0.5) is 0 Å². The Balaban J connectivity index is 1.66. The van der Waals surface area contributed by atoms with Crippen molar-refractivity contribution in [2.45, 2.75) is 45.8 Å². The van der Waals surface area contributed by atoms with Crippen molar-refractivity contribution in [3.8, 4) is 0 Å². The van der Waals surface area contributed by atoms with Crippen molar-refractivity contribution in [3.05, 3.63) is 33.5 Å². The molecule has 5 nitrogen and oxygen atoms in total. The van der Waals surface area contributed by atoms with Gasteiger partial charge in [0, 0.05) is 18.2 Å². The fourth-order valence-corrected chi connectivity index (χ4v) is 3.71. The smallest absolute Gasteiger partial charge is 0.119 e. The van der Waals surface area contributed by atoms with Crippen LogP contribution < -0.4 is 5.32 Å². The largest absolute Gasteiger partial charge is 0.375 e. The van der Waals surface area contributed by atoms with E-state index in [1.54, 1.807) is 11.3 Å². The highest BCUT2D eigenvalue weighted by Gasteiger charge is 2.19. The first kappa shape index (κ1) is 15.6. The van der Waals surface area contributed by atoms with Gasteiger partial charge in [0.05, 0.1) is 24.5 Å². The van der Waals surface area contributed by atoms with E-state index in [4.69, 9.17) is 4.74 Å². The van der Waals surface area contributed by atoms with Gasteiger partial charge < -0.3 is 10.1 Å². The van der Waals surface area contributed by atoms with Crippen LogP contribution in [-0.2, 0) is 17.9 Å². The number of hydrogen-bond acceptors (Lipinski definition) is 5. The van der Waals surface area contributed by atoms with Gasteiger partial charge in [-0.2, -0.15) is 5.10 Å². The second-order valence-electron chi connectivity index (χ2n) is 5.76. The Morgan fingerprint density at radius 2 is 2.23 bits per heavy atom. The molecule has 0 atom stereocenters. The van der Waals surface area contributed by atoms with E-state index >= 15 is 0 Å². The summed E-state index contributed by atoms with van der Waals surface area (Å²) in [5, 5.41) is 11.3. The predicted octanol–water partition coefficient (Wildman–Crippen LogP) is 2.70. The second-order valence-corrected chi connectivity index (χ2v) is 6.70.